The van der Waals surface area contributed by atoms with E-state index in [1.54, 1.807) is 45.4 Å². The first kappa shape index (κ1) is 13.1. The number of pyridine rings is 1. The molecule has 6 heteroatoms. The number of rotatable bonds is 1. The van der Waals surface area contributed by atoms with E-state index in [0.29, 0.717) is 5.82 Å². The fraction of sp³-hybridized carbons (Fsp3) is 0.308. The Labute approximate surface area is 111 Å². The van der Waals surface area contributed by atoms with Gasteiger partial charge in [0.1, 0.15) is 11.4 Å². The van der Waals surface area contributed by atoms with Crippen molar-refractivity contribution in [2.75, 3.05) is 5.73 Å². The highest BCUT2D eigenvalue weighted by atomic mass is 16.6. The molecule has 2 aromatic rings. The Bertz CT molecular complexity index is 581. The van der Waals surface area contributed by atoms with Crippen LogP contribution in [0.2, 0.25) is 0 Å². The zero-order valence-electron chi connectivity index (χ0n) is 11.1. The number of carbonyl (C=O) groups excluding carboxylic acids is 1. The van der Waals surface area contributed by atoms with Crippen molar-refractivity contribution in [2.24, 2.45) is 0 Å². The third kappa shape index (κ3) is 3.31. The van der Waals surface area contributed by atoms with Crippen molar-refractivity contribution in [3.63, 3.8) is 0 Å². The van der Waals surface area contributed by atoms with Crippen molar-refractivity contribution >= 4 is 11.9 Å². The first-order chi connectivity index (χ1) is 8.85. The van der Waals surface area contributed by atoms with E-state index >= 15 is 0 Å². The maximum atomic E-state index is 11.8. The molecule has 2 rings (SSSR count). The number of ether oxygens (including phenoxy) is 1. The molecule has 0 amide bonds. The van der Waals surface area contributed by atoms with E-state index in [0.717, 1.165) is 15.8 Å². The van der Waals surface area contributed by atoms with Crippen molar-refractivity contribution in [2.45, 2.75) is 26.4 Å². The van der Waals surface area contributed by atoms with Crippen LogP contribution in [0.4, 0.5) is 10.6 Å². The van der Waals surface area contributed by atoms with Gasteiger partial charge in [-0.25, -0.2) is 9.78 Å². The minimum absolute atomic E-state index is 0.447. The number of carbonyl (C=O) groups is 1. The predicted octanol–water partition coefficient (Wildman–Crippen LogP) is 2.31. The minimum Gasteiger partial charge on any atom is -0.442 e. The van der Waals surface area contributed by atoms with E-state index in [1.165, 1.54) is 0 Å². The Morgan fingerprint density at radius 1 is 1.26 bits per heavy atom. The number of aromatic nitrogens is 3. The number of anilines is 1. The van der Waals surface area contributed by atoms with Crippen LogP contribution in [0.1, 0.15) is 20.8 Å². The van der Waals surface area contributed by atoms with Gasteiger partial charge in [0, 0.05) is 23.5 Å². The second-order valence-corrected chi connectivity index (χ2v) is 5.13. The number of hydrogen-bond acceptors (Lipinski definition) is 5. The predicted molar refractivity (Wildman–Crippen MR) is 71.5 cm³/mol. The molecule has 0 saturated carbocycles. The second-order valence-electron chi connectivity index (χ2n) is 5.13. The van der Waals surface area contributed by atoms with Crippen LogP contribution in [0, 0.1) is 0 Å². The maximum absolute atomic E-state index is 11.8. The highest BCUT2D eigenvalue weighted by Gasteiger charge is 2.18. The Kier molecular flexibility index (Phi) is 3.25. The van der Waals surface area contributed by atoms with Gasteiger partial charge in [-0.2, -0.15) is 9.78 Å². The Balaban J connectivity index is 2.19. The van der Waals surface area contributed by atoms with Gasteiger partial charge in [0.15, 0.2) is 0 Å². The monoisotopic (exact) mass is 260 g/mol. The highest BCUT2D eigenvalue weighted by Crippen LogP contribution is 2.18. The number of nitrogens with zero attached hydrogens (tertiary/aromatic N) is 3. The van der Waals surface area contributed by atoms with E-state index in [-0.39, 0.29) is 0 Å². The molecule has 0 aromatic carbocycles. The SMILES string of the molecule is CC(C)(C)OC(=O)n1cc(-c2ccc(N)nc2)cn1. The summed E-state index contributed by atoms with van der Waals surface area (Å²) in [5.74, 6) is 0.447. The molecule has 0 aliphatic heterocycles. The second kappa shape index (κ2) is 4.72. The average molecular weight is 260 g/mol. The first-order valence-corrected chi connectivity index (χ1v) is 5.85. The lowest BCUT2D eigenvalue weighted by Crippen LogP contribution is -2.27. The maximum Gasteiger partial charge on any atom is 0.435 e. The molecule has 6 nitrogen and oxygen atoms in total. The summed E-state index contributed by atoms with van der Waals surface area (Å²) in [7, 11) is 0. The van der Waals surface area contributed by atoms with Crippen LogP contribution in [0.3, 0.4) is 0 Å². The molecule has 0 aliphatic carbocycles. The van der Waals surface area contributed by atoms with E-state index in [4.69, 9.17) is 10.5 Å². The fourth-order valence-electron chi connectivity index (χ4n) is 1.46. The van der Waals surface area contributed by atoms with Crippen LogP contribution in [-0.2, 0) is 4.74 Å². The Morgan fingerprint density at radius 2 is 2.00 bits per heavy atom. The summed E-state index contributed by atoms with van der Waals surface area (Å²) in [5.41, 5.74) is 6.59. The summed E-state index contributed by atoms with van der Waals surface area (Å²) in [5, 5.41) is 3.98. The van der Waals surface area contributed by atoms with Crippen LogP contribution in [0.15, 0.2) is 30.7 Å². The highest BCUT2D eigenvalue weighted by molar-refractivity contribution is 5.72. The molecule has 0 fully saturated rings. The zero-order valence-corrected chi connectivity index (χ0v) is 11.1. The van der Waals surface area contributed by atoms with E-state index in [2.05, 4.69) is 10.1 Å². The molecule has 0 bridgehead atoms. The van der Waals surface area contributed by atoms with Gasteiger partial charge in [0.2, 0.25) is 0 Å². The minimum atomic E-state index is -0.550. The number of nitrogen functional groups attached to an aromatic ring is 1. The van der Waals surface area contributed by atoms with E-state index in [9.17, 15) is 4.79 Å². The molecule has 2 N–H and O–H groups in total. The van der Waals surface area contributed by atoms with E-state index in [1.807, 2.05) is 6.07 Å². The lowest BCUT2D eigenvalue weighted by Gasteiger charge is -2.18. The standard InChI is InChI=1S/C13H16N4O2/c1-13(2,3)19-12(18)17-8-10(7-16-17)9-4-5-11(14)15-6-9/h4-8H,1-3H3,(H2,14,15). The van der Waals surface area contributed by atoms with Crippen molar-refractivity contribution in [1.29, 1.82) is 0 Å². The average Bonchev–Trinajstić information content (AvgIpc) is 2.77. The normalized spacial score (nSPS) is 11.3. The molecule has 19 heavy (non-hydrogen) atoms. The number of hydrogen-bond donors (Lipinski definition) is 1. The Hall–Kier alpha value is -2.37. The first-order valence-electron chi connectivity index (χ1n) is 5.85. The summed E-state index contributed by atoms with van der Waals surface area (Å²) >= 11 is 0. The molecular weight excluding hydrogens is 244 g/mol. The molecule has 100 valence electrons. The van der Waals surface area contributed by atoms with Crippen LogP contribution < -0.4 is 5.73 Å². The molecule has 0 aliphatic rings. The summed E-state index contributed by atoms with van der Waals surface area (Å²) in [6, 6.07) is 3.51. The molecule has 0 radical (unpaired) electrons. The van der Waals surface area contributed by atoms with Gasteiger partial charge in [0.25, 0.3) is 0 Å². The quantitative estimate of drug-likeness (QED) is 0.850. The lowest BCUT2D eigenvalue weighted by atomic mass is 10.2. The van der Waals surface area contributed by atoms with Gasteiger partial charge in [-0.3, -0.25) is 0 Å². The smallest absolute Gasteiger partial charge is 0.435 e. The van der Waals surface area contributed by atoms with Gasteiger partial charge in [-0.05, 0) is 32.9 Å². The molecule has 0 saturated heterocycles. The summed E-state index contributed by atoms with van der Waals surface area (Å²) in [6.45, 7) is 5.41. The summed E-state index contributed by atoms with van der Waals surface area (Å²) < 4.78 is 6.38. The van der Waals surface area contributed by atoms with Crippen molar-refractivity contribution in [3.05, 3.63) is 30.7 Å². The van der Waals surface area contributed by atoms with Crippen LogP contribution in [-0.4, -0.2) is 26.5 Å². The summed E-state index contributed by atoms with van der Waals surface area (Å²) in [6.07, 6.45) is 4.30. The van der Waals surface area contributed by atoms with Gasteiger partial charge < -0.3 is 10.5 Å². The third-order valence-electron chi connectivity index (χ3n) is 2.28. The number of nitrogens with two attached hydrogens (primary N) is 1. The largest absolute Gasteiger partial charge is 0.442 e. The zero-order chi connectivity index (χ0) is 14.0. The van der Waals surface area contributed by atoms with Crippen molar-refractivity contribution in [3.8, 4) is 11.1 Å². The fourth-order valence-corrected chi connectivity index (χ4v) is 1.46. The van der Waals surface area contributed by atoms with Crippen molar-refractivity contribution < 1.29 is 9.53 Å². The van der Waals surface area contributed by atoms with Crippen LogP contribution in [0.25, 0.3) is 11.1 Å². The lowest BCUT2D eigenvalue weighted by molar-refractivity contribution is 0.0514. The van der Waals surface area contributed by atoms with Gasteiger partial charge in [0.05, 0.1) is 6.20 Å². The topological polar surface area (TPSA) is 83.0 Å². The Morgan fingerprint density at radius 3 is 2.58 bits per heavy atom. The van der Waals surface area contributed by atoms with E-state index < -0.39 is 11.7 Å². The van der Waals surface area contributed by atoms with Crippen molar-refractivity contribution in [1.82, 2.24) is 14.8 Å². The van der Waals surface area contributed by atoms with Crippen LogP contribution >= 0.6 is 0 Å². The molecule has 0 spiro atoms. The van der Waals surface area contributed by atoms with Gasteiger partial charge in [-0.15, -0.1) is 0 Å². The molecular formula is C13H16N4O2. The molecule has 0 atom stereocenters. The van der Waals surface area contributed by atoms with Gasteiger partial charge >= 0.3 is 6.09 Å². The van der Waals surface area contributed by atoms with Crippen LogP contribution in [0.5, 0.6) is 0 Å². The third-order valence-corrected chi connectivity index (χ3v) is 2.28. The molecule has 2 aromatic heterocycles. The van der Waals surface area contributed by atoms with Gasteiger partial charge in [-0.1, -0.05) is 0 Å². The molecule has 0 unspecified atom stereocenters. The molecule has 2 heterocycles. The summed E-state index contributed by atoms with van der Waals surface area (Å²) in [4.78, 5) is 15.8.